The summed E-state index contributed by atoms with van der Waals surface area (Å²) in [6.07, 6.45) is 2.59. The van der Waals surface area contributed by atoms with E-state index in [1.165, 1.54) is 6.21 Å². The first-order valence-corrected chi connectivity index (χ1v) is 9.54. The van der Waals surface area contributed by atoms with Crippen molar-refractivity contribution < 1.29 is 13.2 Å². The largest absolute Gasteiger partial charge is 0.271 e. The molecule has 0 heterocycles. The molecule has 0 unspecified atom stereocenters. The summed E-state index contributed by atoms with van der Waals surface area (Å²) in [4.78, 5) is 12.1. The molecule has 0 radical (unpaired) electrons. The van der Waals surface area contributed by atoms with Crippen LogP contribution < -0.4 is 9.73 Å². The van der Waals surface area contributed by atoms with Gasteiger partial charge in [-0.3, -0.25) is 9.10 Å². The fourth-order valence-corrected chi connectivity index (χ4v) is 3.23. The molecule has 0 aromatic heterocycles. The van der Waals surface area contributed by atoms with Crippen LogP contribution in [-0.2, 0) is 14.8 Å². The molecule has 0 aliphatic carbocycles. The van der Waals surface area contributed by atoms with E-state index in [4.69, 9.17) is 0 Å². The summed E-state index contributed by atoms with van der Waals surface area (Å²) in [5, 5.41) is 3.89. The van der Waals surface area contributed by atoms with Crippen LogP contribution in [-0.4, -0.2) is 33.3 Å². The molecule has 2 aromatic rings. The van der Waals surface area contributed by atoms with Gasteiger partial charge in [-0.25, -0.2) is 13.8 Å². The Bertz CT molecular complexity index is 892. The predicted molar refractivity (Wildman–Crippen MR) is 100 cm³/mol. The number of nitrogens with one attached hydrogen (secondary N) is 1. The zero-order chi connectivity index (χ0) is 18.4. The third kappa shape index (κ3) is 5.42. The lowest BCUT2D eigenvalue weighted by molar-refractivity contribution is -0.119. The van der Waals surface area contributed by atoms with Gasteiger partial charge >= 0.3 is 0 Å². The van der Waals surface area contributed by atoms with E-state index in [1.807, 2.05) is 37.3 Å². The number of anilines is 1. The van der Waals surface area contributed by atoms with E-state index in [2.05, 4.69) is 10.5 Å². The lowest BCUT2D eigenvalue weighted by Crippen LogP contribution is -2.39. The molecule has 0 saturated carbocycles. The molecule has 0 aliphatic heterocycles. The highest BCUT2D eigenvalue weighted by Gasteiger charge is 2.21. The first kappa shape index (κ1) is 18.7. The standard InChI is InChI=1S/C18H21N3O3S/c1-14-7-6-9-16(11-14)12-19-20-18(22)13-21(25(3,23)24)17-10-5-4-8-15(17)2/h4-12H,13H2,1-3H3,(H,20,22)/b19-12-. The van der Waals surface area contributed by atoms with Crippen LogP contribution in [0.25, 0.3) is 0 Å². The number of rotatable bonds is 6. The van der Waals surface area contributed by atoms with Gasteiger partial charge in [0.05, 0.1) is 18.2 Å². The van der Waals surface area contributed by atoms with Crippen molar-refractivity contribution in [2.24, 2.45) is 5.10 Å². The van der Waals surface area contributed by atoms with Crippen molar-refractivity contribution in [2.75, 3.05) is 17.1 Å². The molecule has 1 N–H and O–H groups in total. The number of hydrogen-bond acceptors (Lipinski definition) is 4. The van der Waals surface area contributed by atoms with Crippen molar-refractivity contribution in [3.63, 3.8) is 0 Å². The Morgan fingerprint density at radius 1 is 1.16 bits per heavy atom. The first-order valence-electron chi connectivity index (χ1n) is 7.69. The lowest BCUT2D eigenvalue weighted by Gasteiger charge is -2.23. The van der Waals surface area contributed by atoms with Gasteiger partial charge in [0.1, 0.15) is 6.54 Å². The van der Waals surface area contributed by atoms with E-state index < -0.39 is 15.9 Å². The van der Waals surface area contributed by atoms with Crippen molar-refractivity contribution >= 4 is 27.8 Å². The van der Waals surface area contributed by atoms with Gasteiger partial charge in [-0.1, -0.05) is 48.0 Å². The summed E-state index contributed by atoms with van der Waals surface area (Å²) in [7, 11) is -3.60. The van der Waals surface area contributed by atoms with Gasteiger partial charge in [0.15, 0.2) is 0 Å². The molecule has 2 aromatic carbocycles. The Balaban J connectivity index is 2.09. The van der Waals surface area contributed by atoms with E-state index in [0.717, 1.165) is 27.3 Å². The smallest absolute Gasteiger partial charge is 0.260 e. The molecule has 25 heavy (non-hydrogen) atoms. The van der Waals surface area contributed by atoms with E-state index in [9.17, 15) is 13.2 Å². The molecule has 0 aliphatic rings. The topological polar surface area (TPSA) is 78.8 Å². The highest BCUT2D eigenvalue weighted by atomic mass is 32.2. The number of benzene rings is 2. The van der Waals surface area contributed by atoms with Gasteiger partial charge < -0.3 is 0 Å². The quantitative estimate of drug-likeness (QED) is 0.634. The molecule has 0 fully saturated rings. The second-order valence-corrected chi connectivity index (χ2v) is 7.67. The Kier molecular flexibility index (Phi) is 5.93. The number of aryl methyl sites for hydroxylation is 2. The van der Waals surface area contributed by atoms with Crippen molar-refractivity contribution in [1.82, 2.24) is 5.43 Å². The fraction of sp³-hybridized carbons (Fsp3) is 0.222. The molecule has 0 bridgehead atoms. The van der Waals surface area contributed by atoms with E-state index >= 15 is 0 Å². The molecular formula is C18H21N3O3S. The minimum absolute atomic E-state index is 0.338. The van der Waals surface area contributed by atoms with E-state index in [0.29, 0.717) is 5.69 Å². The predicted octanol–water partition coefficient (Wildman–Crippen LogP) is 2.22. The third-order valence-electron chi connectivity index (χ3n) is 3.52. The van der Waals surface area contributed by atoms with Crippen LogP contribution in [0, 0.1) is 13.8 Å². The maximum Gasteiger partial charge on any atom is 0.260 e. The Hall–Kier alpha value is -2.67. The highest BCUT2D eigenvalue weighted by molar-refractivity contribution is 7.92. The summed E-state index contributed by atoms with van der Waals surface area (Å²) in [6.45, 7) is 3.41. The molecular weight excluding hydrogens is 338 g/mol. The minimum Gasteiger partial charge on any atom is -0.271 e. The molecule has 6 nitrogen and oxygen atoms in total. The summed E-state index contributed by atoms with van der Waals surface area (Å²) >= 11 is 0. The molecule has 0 atom stereocenters. The number of carbonyl (C=O) groups excluding carboxylic acids is 1. The molecule has 0 spiro atoms. The van der Waals surface area contributed by atoms with Gasteiger partial charge in [-0.15, -0.1) is 0 Å². The maximum absolute atomic E-state index is 12.1. The van der Waals surface area contributed by atoms with Gasteiger partial charge in [-0.05, 0) is 31.0 Å². The van der Waals surface area contributed by atoms with Crippen LogP contribution >= 0.6 is 0 Å². The van der Waals surface area contributed by atoms with Gasteiger partial charge in [0, 0.05) is 0 Å². The number of para-hydroxylation sites is 1. The summed E-state index contributed by atoms with van der Waals surface area (Å²) in [5.41, 5.74) is 5.54. The van der Waals surface area contributed by atoms with Gasteiger partial charge in [-0.2, -0.15) is 5.10 Å². The molecule has 2 rings (SSSR count). The van der Waals surface area contributed by atoms with Crippen molar-refractivity contribution in [3.8, 4) is 0 Å². The first-order chi connectivity index (χ1) is 11.8. The van der Waals surface area contributed by atoms with E-state index in [1.54, 1.807) is 25.1 Å². The van der Waals surface area contributed by atoms with Crippen molar-refractivity contribution in [2.45, 2.75) is 13.8 Å². The maximum atomic E-state index is 12.1. The fourth-order valence-electron chi connectivity index (χ4n) is 2.32. The Morgan fingerprint density at radius 3 is 2.52 bits per heavy atom. The number of hydrogen-bond donors (Lipinski definition) is 1. The van der Waals surface area contributed by atoms with Crippen LogP contribution in [0.15, 0.2) is 53.6 Å². The Morgan fingerprint density at radius 2 is 1.88 bits per heavy atom. The zero-order valence-corrected chi connectivity index (χ0v) is 15.2. The van der Waals surface area contributed by atoms with Crippen LogP contribution in [0.1, 0.15) is 16.7 Å². The molecule has 132 valence electrons. The second kappa shape index (κ2) is 7.94. The number of sulfonamides is 1. The number of carbonyl (C=O) groups is 1. The average Bonchev–Trinajstić information content (AvgIpc) is 2.52. The normalized spacial score (nSPS) is 11.5. The minimum atomic E-state index is -3.60. The molecule has 1 amide bonds. The molecule has 7 heteroatoms. The van der Waals surface area contributed by atoms with Crippen LogP contribution in [0.2, 0.25) is 0 Å². The van der Waals surface area contributed by atoms with Crippen LogP contribution in [0.5, 0.6) is 0 Å². The monoisotopic (exact) mass is 359 g/mol. The summed E-state index contributed by atoms with van der Waals surface area (Å²) < 4.78 is 25.2. The number of amides is 1. The van der Waals surface area contributed by atoms with Crippen molar-refractivity contribution in [1.29, 1.82) is 0 Å². The van der Waals surface area contributed by atoms with Gasteiger partial charge in [0.2, 0.25) is 10.0 Å². The average molecular weight is 359 g/mol. The molecule has 0 saturated heterocycles. The third-order valence-corrected chi connectivity index (χ3v) is 4.64. The number of nitrogens with zero attached hydrogens (tertiary/aromatic N) is 2. The summed E-state index contributed by atoms with van der Waals surface area (Å²) in [5.74, 6) is -0.516. The van der Waals surface area contributed by atoms with Gasteiger partial charge in [0.25, 0.3) is 5.91 Å². The van der Waals surface area contributed by atoms with E-state index in [-0.39, 0.29) is 6.54 Å². The van der Waals surface area contributed by atoms with Crippen LogP contribution in [0.3, 0.4) is 0 Å². The SMILES string of the molecule is Cc1cccc(/C=N\NC(=O)CN(c2ccccc2C)S(C)(=O)=O)c1. The number of hydrazone groups is 1. The zero-order valence-electron chi connectivity index (χ0n) is 14.4. The van der Waals surface area contributed by atoms with Crippen LogP contribution in [0.4, 0.5) is 5.69 Å². The Labute approximate surface area is 148 Å². The highest BCUT2D eigenvalue weighted by Crippen LogP contribution is 2.21. The van der Waals surface area contributed by atoms with Crippen molar-refractivity contribution in [3.05, 3.63) is 65.2 Å². The lowest BCUT2D eigenvalue weighted by atomic mass is 10.2. The summed E-state index contributed by atoms with van der Waals surface area (Å²) in [6, 6.07) is 14.6. The second-order valence-electron chi connectivity index (χ2n) is 5.76.